The Morgan fingerprint density at radius 1 is 1.20 bits per heavy atom. The summed E-state index contributed by atoms with van der Waals surface area (Å²) < 4.78 is 10.1. The van der Waals surface area contributed by atoms with E-state index in [9.17, 15) is 9.59 Å². The number of ether oxygens (including phenoxy) is 2. The van der Waals surface area contributed by atoms with Crippen LogP contribution in [0.3, 0.4) is 0 Å². The van der Waals surface area contributed by atoms with Crippen LogP contribution in [0.25, 0.3) is 0 Å². The van der Waals surface area contributed by atoms with Gasteiger partial charge in [-0.3, -0.25) is 0 Å². The lowest BCUT2D eigenvalue weighted by Crippen LogP contribution is -2.49. The summed E-state index contributed by atoms with van der Waals surface area (Å²) in [5.41, 5.74) is -0.996. The highest BCUT2D eigenvalue weighted by Gasteiger charge is 2.49. The molecule has 0 bridgehead atoms. The van der Waals surface area contributed by atoms with E-state index in [0.717, 1.165) is 32.1 Å². The summed E-state index contributed by atoms with van der Waals surface area (Å²) in [6, 6.07) is 0. The molecule has 2 aliphatic rings. The van der Waals surface area contributed by atoms with Crippen LogP contribution in [0, 0.1) is 0 Å². The highest BCUT2D eigenvalue weighted by atomic mass is 16.6. The van der Waals surface area contributed by atoms with Crippen LogP contribution in [-0.4, -0.2) is 24.1 Å². The zero-order valence-corrected chi connectivity index (χ0v) is 8.66. The fourth-order valence-electron chi connectivity index (χ4n) is 2.19. The number of carbonyl (C=O) groups excluding carboxylic acids is 2. The van der Waals surface area contributed by atoms with Crippen molar-refractivity contribution in [1.29, 1.82) is 0 Å². The Bertz CT molecular complexity index is 251. The molecule has 0 aromatic carbocycles. The number of hydrogen-bond acceptors (Lipinski definition) is 4. The fraction of sp³-hybridized carbons (Fsp3) is 0.818. The van der Waals surface area contributed by atoms with E-state index in [1.165, 1.54) is 6.47 Å². The topological polar surface area (TPSA) is 52.6 Å². The summed E-state index contributed by atoms with van der Waals surface area (Å²) in [5.74, 6) is -0.371. The lowest BCUT2D eigenvalue weighted by molar-refractivity contribution is -0.177. The molecule has 0 spiro atoms. The second-order valence-electron chi connectivity index (χ2n) is 4.35. The number of rotatable bonds is 4. The lowest BCUT2D eigenvalue weighted by atomic mass is 9.80. The lowest BCUT2D eigenvalue weighted by Gasteiger charge is -2.37. The molecule has 0 aromatic heterocycles. The Hall–Kier alpha value is -1.06. The second kappa shape index (κ2) is 4.21. The first kappa shape index (κ1) is 10.5. The molecule has 1 radical (unpaired) electrons. The SMILES string of the molecule is O=[C]OC1(C(=O)OC2CCCC2)CCC1. The van der Waals surface area contributed by atoms with Crippen molar-refractivity contribution in [3.05, 3.63) is 0 Å². The third-order valence-electron chi connectivity index (χ3n) is 3.35. The van der Waals surface area contributed by atoms with Gasteiger partial charge in [-0.1, -0.05) is 0 Å². The van der Waals surface area contributed by atoms with Crippen molar-refractivity contribution in [2.45, 2.75) is 56.7 Å². The highest BCUT2D eigenvalue weighted by Crippen LogP contribution is 2.37. The van der Waals surface area contributed by atoms with Crippen LogP contribution in [0.2, 0.25) is 0 Å². The van der Waals surface area contributed by atoms with Crippen molar-refractivity contribution in [2.24, 2.45) is 0 Å². The standard InChI is InChI=1S/C11H15O4/c12-8-14-11(6-3-7-11)10(13)15-9-4-1-2-5-9/h9H,1-7H2. The van der Waals surface area contributed by atoms with Crippen molar-refractivity contribution in [3.8, 4) is 0 Å². The van der Waals surface area contributed by atoms with Gasteiger partial charge in [0.15, 0.2) is 0 Å². The molecule has 0 N–H and O–H groups in total. The summed E-state index contributed by atoms with van der Waals surface area (Å²) in [7, 11) is 0. The average molecular weight is 211 g/mol. The molecule has 0 aliphatic heterocycles. The van der Waals surface area contributed by atoms with E-state index in [2.05, 4.69) is 0 Å². The molecular formula is C11H15O4. The maximum absolute atomic E-state index is 11.8. The van der Waals surface area contributed by atoms with E-state index in [1.54, 1.807) is 0 Å². The zero-order valence-electron chi connectivity index (χ0n) is 8.66. The van der Waals surface area contributed by atoms with Gasteiger partial charge in [0.2, 0.25) is 5.60 Å². The summed E-state index contributed by atoms with van der Waals surface area (Å²) in [6.45, 7) is 1.37. The molecule has 4 heteroatoms. The third-order valence-corrected chi connectivity index (χ3v) is 3.35. The fourth-order valence-corrected chi connectivity index (χ4v) is 2.19. The van der Waals surface area contributed by atoms with E-state index in [0.29, 0.717) is 12.8 Å². The molecule has 2 rings (SSSR count). The van der Waals surface area contributed by atoms with Crippen molar-refractivity contribution < 1.29 is 19.1 Å². The summed E-state index contributed by atoms with van der Waals surface area (Å²) >= 11 is 0. The smallest absolute Gasteiger partial charge is 0.418 e. The minimum atomic E-state index is -0.996. The minimum absolute atomic E-state index is 0.0326. The Labute approximate surface area is 88.9 Å². The normalized spacial score (nSPS) is 24.3. The molecule has 0 amide bonds. The summed E-state index contributed by atoms with van der Waals surface area (Å²) in [6.07, 6.45) is 6.20. The van der Waals surface area contributed by atoms with Crippen molar-refractivity contribution in [1.82, 2.24) is 0 Å². The average Bonchev–Trinajstić information content (AvgIpc) is 2.63. The number of hydrogen-bond donors (Lipinski definition) is 0. The molecule has 4 nitrogen and oxygen atoms in total. The van der Waals surface area contributed by atoms with Gasteiger partial charge in [-0.15, -0.1) is 0 Å². The molecule has 2 fully saturated rings. The number of esters is 1. The first-order valence-electron chi connectivity index (χ1n) is 5.53. The monoisotopic (exact) mass is 211 g/mol. The second-order valence-corrected chi connectivity index (χ2v) is 4.35. The molecule has 0 saturated heterocycles. The van der Waals surface area contributed by atoms with Crippen LogP contribution < -0.4 is 0 Å². The van der Waals surface area contributed by atoms with Gasteiger partial charge in [0, 0.05) is 0 Å². The van der Waals surface area contributed by atoms with E-state index >= 15 is 0 Å². The molecule has 15 heavy (non-hydrogen) atoms. The van der Waals surface area contributed by atoms with E-state index in [1.807, 2.05) is 0 Å². The van der Waals surface area contributed by atoms with Crippen molar-refractivity contribution >= 4 is 12.4 Å². The van der Waals surface area contributed by atoms with E-state index in [4.69, 9.17) is 9.47 Å². The predicted octanol–water partition coefficient (Wildman–Crippen LogP) is 1.48. The van der Waals surface area contributed by atoms with E-state index < -0.39 is 5.60 Å². The molecule has 0 heterocycles. The zero-order chi connectivity index (χ0) is 10.7. The maximum atomic E-state index is 11.8. The Balaban J connectivity index is 1.90. The number of carbonyl (C=O) groups is 1. The Kier molecular flexibility index (Phi) is 2.93. The first-order chi connectivity index (χ1) is 7.27. The Morgan fingerprint density at radius 2 is 1.87 bits per heavy atom. The van der Waals surface area contributed by atoms with Crippen LogP contribution in [0.1, 0.15) is 44.9 Å². The van der Waals surface area contributed by atoms with E-state index in [-0.39, 0.29) is 12.1 Å². The van der Waals surface area contributed by atoms with Gasteiger partial charge in [0.25, 0.3) is 0 Å². The van der Waals surface area contributed by atoms with Crippen molar-refractivity contribution in [2.75, 3.05) is 0 Å². The van der Waals surface area contributed by atoms with Gasteiger partial charge in [0.1, 0.15) is 6.10 Å². The first-order valence-corrected chi connectivity index (χ1v) is 5.53. The van der Waals surface area contributed by atoms with Gasteiger partial charge in [-0.2, -0.15) is 0 Å². The maximum Gasteiger partial charge on any atom is 0.418 e. The molecule has 2 saturated carbocycles. The quantitative estimate of drug-likeness (QED) is 0.661. The van der Waals surface area contributed by atoms with Gasteiger partial charge < -0.3 is 9.47 Å². The van der Waals surface area contributed by atoms with Crippen LogP contribution >= 0.6 is 0 Å². The minimum Gasteiger partial charge on any atom is -0.459 e. The highest BCUT2D eigenvalue weighted by molar-refractivity contribution is 5.82. The Morgan fingerprint density at radius 3 is 2.33 bits per heavy atom. The summed E-state index contributed by atoms with van der Waals surface area (Å²) in [5, 5.41) is 0. The molecule has 0 aromatic rings. The van der Waals surface area contributed by atoms with Crippen molar-refractivity contribution in [3.63, 3.8) is 0 Å². The van der Waals surface area contributed by atoms with Gasteiger partial charge >= 0.3 is 12.4 Å². The molecule has 83 valence electrons. The molecule has 0 unspecified atom stereocenters. The van der Waals surface area contributed by atoms with Gasteiger partial charge in [-0.05, 0) is 44.9 Å². The van der Waals surface area contributed by atoms with Crippen LogP contribution in [0.15, 0.2) is 0 Å². The molecular weight excluding hydrogens is 196 g/mol. The molecule has 0 atom stereocenters. The third kappa shape index (κ3) is 1.98. The summed E-state index contributed by atoms with van der Waals surface area (Å²) in [4.78, 5) is 22.0. The van der Waals surface area contributed by atoms with Gasteiger partial charge in [0.05, 0.1) is 0 Å². The predicted molar refractivity (Wildman–Crippen MR) is 51.7 cm³/mol. The molecule has 2 aliphatic carbocycles. The van der Waals surface area contributed by atoms with Crippen LogP contribution in [0.5, 0.6) is 0 Å². The largest absolute Gasteiger partial charge is 0.459 e. The van der Waals surface area contributed by atoms with Gasteiger partial charge in [-0.25, -0.2) is 9.59 Å². The van der Waals surface area contributed by atoms with Crippen LogP contribution in [0.4, 0.5) is 0 Å². The van der Waals surface area contributed by atoms with Crippen LogP contribution in [-0.2, 0) is 19.1 Å².